The van der Waals surface area contributed by atoms with E-state index < -0.39 is 5.41 Å². The van der Waals surface area contributed by atoms with E-state index in [0.717, 1.165) is 5.56 Å². The van der Waals surface area contributed by atoms with Crippen molar-refractivity contribution in [1.82, 2.24) is 14.5 Å². The van der Waals surface area contributed by atoms with E-state index in [4.69, 9.17) is 4.74 Å². The van der Waals surface area contributed by atoms with Crippen molar-refractivity contribution in [3.63, 3.8) is 0 Å². The van der Waals surface area contributed by atoms with E-state index in [2.05, 4.69) is 15.3 Å². The second-order valence-electron chi connectivity index (χ2n) is 7.78. The van der Waals surface area contributed by atoms with Crippen molar-refractivity contribution in [3.8, 4) is 17.3 Å². The molecule has 1 aromatic rings. The van der Waals surface area contributed by atoms with Crippen LogP contribution in [-0.4, -0.2) is 38.6 Å². The molecule has 2 aliphatic heterocycles. The fourth-order valence-corrected chi connectivity index (χ4v) is 2.71. The zero-order valence-corrected chi connectivity index (χ0v) is 16.9. The normalized spacial score (nSPS) is 11.4. The Morgan fingerprint density at radius 2 is 1.90 bits per heavy atom. The topological polar surface area (TPSA) is 106 Å². The quantitative estimate of drug-likeness (QED) is 0.642. The van der Waals surface area contributed by atoms with Gasteiger partial charge in [-0.2, -0.15) is 0 Å². The van der Waals surface area contributed by atoms with Gasteiger partial charge in [-0.25, -0.2) is 14.8 Å². The molecule has 0 saturated heterocycles. The molecule has 1 aromatic carbocycles. The monoisotopic (exact) mass is 396 g/mol. The lowest BCUT2D eigenvalue weighted by Crippen LogP contribution is -2.27. The summed E-state index contributed by atoms with van der Waals surface area (Å²) < 4.78 is 6.31. The molecule has 152 valence electrons. The number of carbonyl (C=O) groups excluding carboxylic acids is 2. The first-order chi connectivity index (χ1) is 13.7. The maximum absolute atomic E-state index is 12.1. The standard InChI is InChI=1S/C21H24N4O4/c1-21(2,3)20(28)24-16-11-15-17(23-16)22-12-25(18(15)26)10-9-13-5-7-14(8-6-13)19(27)29-4/h5-8,11-12,26H,9-10H2,1-4H3,(H,24,28). The summed E-state index contributed by atoms with van der Waals surface area (Å²) >= 11 is 0. The van der Waals surface area contributed by atoms with Crippen molar-refractivity contribution in [1.29, 1.82) is 0 Å². The van der Waals surface area contributed by atoms with Crippen LogP contribution in [0.3, 0.4) is 0 Å². The van der Waals surface area contributed by atoms with Crippen molar-refractivity contribution >= 4 is 17.7 Å². The molecule has 0 spiro atoms. The van der Waals surface area contributed by atoms with Crippen LogP contribution in [0.1, 0.15) is 36.7 Å². The number of benzene rings is 1. The van der Waals surface area contributed by atoms with Crippen LogP contribution in [0.15, 0.2) is 36.7 Å². The molecule has 0 radical (unpaired) electrons. The lowest BCUT2D eigenvalue weighted by atomic mass is 9.96. The molecule has 29 heavy (non-hydrogen) atoms. The van der Waals surface area contributed by atoms with Gasteiger partial charge in [-0.1, -0.05) is 32.9 Å². The summed E-state index contributed by atoms with van der Waals surface area (Å²) in [6, 6.07) is 8.72. The highest BCUT2D eigenvalue weighted by Gasteiger charge is 2.24. The summed E-state index contributed by atoms with van der Waals surface area (Å²) in [6.45, 7) is 5.92. The van der Waals surface area contributed by atoms with Gasteiger partial charge in [-0.15, -0.1) is 0 Å². The smallest absolute Gasteiger partial charge is 0.337 e. The molecular weight excluding hydrogens is 372 g/mol. The Labute approximate surface area is 168 Å². The molecule has 3 rings (SSSR count). The van der Waals surface area contributed by atoms with Gasteiger partial charge in [0.1, 0.15) is 5.82 Å². The fraction of sp³-hybridized carbons (Fsp3) is 0.333. The number of aromatic hydroxyl groups is 1. The van der Waals surface area contributed by atoms with Crippen LogP contribution in [0.4, 0.5) is 5.82 Å². The van der Waals surface area contributed by atoms with Crippen LogP contribution >= 0.6 is 0 Å². The number of carbonyl (C=O) groups is 2. The number of hydrogen-bond acceptors (Lipinski definition) is 6. The summed E-state index contributed by atoms with van der Waals surface area (Å²) in [5.74, 6) is 0.216. The van der Waals surface area contributed by atoms with Crippen molar-refractivity contribution in [2.75, 3.05) is 12.4 Å². The van der Waals surface area contributed by atoms with Gasteiger partial charge >= 0.3 is 5.97 Å². The van der Waals surface area contributed by atoms with Gasteiger partial charge in [0.2, 0.25) is 11.8 Å². The molecular formula is C21H24N4O4. The molecule has 0 saturated carbocycles. The average Bonchev–Trinajstić information content (AvgIpc) is 3.10. The van der Waals surface area contributed by atoms with Crippen molar-refractivity contribution in [2.45, 2.75) is 33.7 Å². The molecule has 0 unspecified atom stereocenters. The highest BCUT2D eigenvalue weighted by atomic mass is 16.5. The molecule has 8 heteroatoms. The molecule has 0 atom stereocenters. The number of esters is 1. The summed E-state index contributed by atoms with van der Waals surface area (Å²) in [6.07, 6.45) is 2.15. The number of hydrogen-bond donors (Lipinski definition) is 2. The lowest BCUT2D eigenvalue weighted by molar-refractivity contribution is -0.123. The maximum Gasteiger partial charge on any atom is 0.337 e. The Morgan fingerprint density at radius 3 is 2.52 bits per heavy atom. The fourth-order valence-electron chi connectivity index (χ4n) is 2.71. The van der Waals surface area contributed by atoms with E-state index in [1.165, 1.54) is 13.4 Å². The summed E-state index contributed by atoms with van der Waals surface area (Å²) in [5, 5.41) is 13.3. The molecule has 8 nitrogen and oxygen atoms in total. The zero-order valence-electron chi connectivity index (χ0n) is 16.9. The van der Waals surface area contributed by atoms with Gasteiger partial charge in [0.15, 0.2) is 5.82 Å². The van der Waals surface area contributed by atoms with E-state index in [-0.39, 0.29) is 17.8 Å². The largest absolute Gasteiger partial charge is 0.494 e. The first-order valence-electron chi connectivity index (χ1n) is 9.22. The molecule has 2 heterocycles. The second-order valence-corrected chi connectivity index (χ2v) is 7.78. The number of aryl methyl sites for hydroxylation is 2. The third-order valence-electron chi connectivity index (χ3n) is 4.52. The SMILES string of the molecule is COC(=O)c1ccc(CCn2cnc3nc(NC(=O)C(C)(C)C)cc-3c2O)cc1. The van der Waals surface area contributed by atoms with Crippen LogP contribution in [0, 0.1) is 5.41 Å². The number of anilines is 1. The van der Waals surface area contributed by atoms with Crippen LogP contribution in [0.25, 0.3) is 11.4 Å². The van der Waals surface area contributed by atoms with Gasteiger partial charge < -0.3 is 19.7 Å². The molecule has 2 aliphatic rings. The number of nitrogens with one attached hydrogen (secondary N) is 1. The van der Waals surface area contributed by atoms with Crippen LogP contribution in [-0.2, 0) is 22.5 Å². The highest BCUT2D eigenvalue weighted by Crippen LogP contribution is 2.32. The Bertz CT molecular complexity index is 1000. The molecule has 0 aromatic heterocycles. The average molecular weight is 396 g/mol. The number of aromatic nitrogens is 3. The van der Waals surface area contributed by atoms with E-state index in [1.807, 2.05) is 32.9 Å². The molecule has 0 aliphatic carbocycles. The van der Waals surface area contributed by atoms with Gasteiger partial charge in [-0.05, 0) is 30.2 Å². The van der Waals surface area contributed by atoms with Gasteiger partial charge in [0, 0.05) is 12.0 Å². The Hall–Kier alpha value is -3.42. The van der Waals surface area contributed by atoms with Gasteiger partial charge in [-0.3, -0.25) is 4.79 Å². The van der Waals surface area contributed by atoms with E-state index in [0.29, 0.717) is 35.7 Å². The molecule has 2 N–H and O–H groups in total. The van der Waals surface area contributed by atoms with Crippen LogP contribution in [0.2, 0.25) is 0 Å². The summed E-state index contributed by atoms with van der Waals surface area (Å²) in [7, 11) is 1.34. The van der Waals surface area contributed by atoms with Crippen molar-refractivity contribution in [3.05, 3.63) is 47.8 Å². The Morgan fingerprint density at radius 1 is 1.21 bits per heavy atom. The van der Waals surface area contributed by atoms with E-state index >= 15 is 0 Å². The van der Waals surface area contributed by atoms with E-state index in [9.17, 15) is 14.7 Å². The second kappa shape index (κ2) is 7.90. The predicted molar refractivity (Wildman–Crippen MR) is 108 cm³/mol. The number of ether oxygens (including phenoxy) is 1. The van der Waals surface area contributed by atoms with E-state index in [1.54, 1.807) is 22.8 Å². The van der Waals surface area contributed by atoms with Gasteiger partial charge in [0.25, 0.3) is 0 Å². The Kier molecular flexibility index (Phi) is 5.54. The zero-order chi connectivity index (χ0) is 21.2. The number of fused-ring (bicyclic) bond motifs is 1. The third-order valence-corrected chi connectivity index (χ3v) is 4.52. The van der Waals surface area contributed by atoms with Crippen molar-refractivity contribution in [2.24, 2.45) is 5.41 Å². The minimum absolute atomic E-state index is 0.0324. The minimum Gasteiger partial charge on any atom is -0.494 e. The van der Waals surface area contributed by atoms with Crippen molar-refractivity contribution < 1.29 is 19.4 Å². The number of amides is 1. The first kappa shape index (κ1) is 20.3. The minimum atomic E-state index is -0.552. The van der Waals surface area contributed by atoms with Gasteiger partial charge in [0.05, 0.1) is 24.6 Å². The van der Waals surface area contributed by atoms with Crippen LogP contribution in [0.5, 0.6) is 5.88 Å². The maximum atomic E-state index is 12.1. The third kappa shape index (κ3) is 4.53. The molecule has 0 fully saturated rings. The number of nitrogens with zero attached hydrogens (tertiary/aromatic N) is 3. The van der Waals surface area contributed by atoms with Crippen LogP contribution < -0.4 is 5.32 Å². The lowest BCUT2D eigenvalue weighted by Gasteiger charge is -2.16. The Balaban J connectivity index is 1.74. The molecule has 1 amide bonds. The molecule has 0 bridgehead atoms. The number of rotatable bonds is 5. The predicted octanol–water partition coefficient (Wildman–Crippen LogP) is 3.10. The highest BCUT2D eigenvalue weighted by molar-refractivity contribution is 5.94. The number of methoxy groups -OCH3 is 1. The first-order valence-corrected chi connectivity index (χ1v) is 9.22. The summed E-state index contributed by atoms with van der Waals surface area (Å²) in [4.78, 5) is 32.2. The summed E-state index contributed by atoms with van der Waals surface area (Å²) in [5.41, 5.74) is 1.41.